The molecule has 0 spiro atoms. The van der Waals surface area contributed by atoms with Crippen LogP contribution >= 0.6 is 24.0 Å². The van der Waals surface area contributed by atoms with E-state index in [-0.39, 0.29) is 10.7 Å². The van der Waals surface area contributed by atoms with Crippen LogP contribution in [0.3, 0.4) is 0 Å². The van der Waals surface area contributed by atoms with Gasteiger partial charge in [-0.15, -0.1) is 0 Å². The lowest BCUT2D eigenvalue weighted by atomic mass is 9.95. The predicted octanol–water partition coefficient (Wildman–Crippen LogP) is 1.81. The molecular formula is C13H24N2O2S2. The largest absolute Gasteiger partial charge is 0.465 e. The number of hydrogen-bond donors (Lipinski definition) is 1. The van der Waals surface area contributed by atoms with Gasteiger partial charge in [-0.3, -0.25) is 9.69 Å². The second kappa shape index (κ2) is 8.07. The average molecular weight is 304 g/mol. The molecule has 0 saturated carbocycles. The molecule has 0 aromatic heterocycles. The molecule has 0 aromatic carbocycles. The number of piperidine rings is 1. The lowest BCUT2D eigenvalue weighted by Gasteiger charge is -2.39. The lowest BCUT2D eigenvalue weighted by molar-refractivity contribution is -0.145. The lowest BCUT2D eigenvalue weighted by Crippen LogP contribution is -2.50. The van der Waals surface area contributed by atoms with Crippen molar-refractivity contribution in [1.82, 2.24) is 4.90 Å². The van der Waals surface area contributed by atoms with Gasteiger partial charge in [0.2, 0.25) is 0 Å². The van der Waals surface area contributed by atoms with Gasteiger partial charge in [0.25, 0.3) is 0 Å². The number of unbranched alkanes of at least 4 members (excludes halogenated alkanes) is 1. The van der Waals surface area contributed by atoms with Gasteiger partial charge in [0.15, 0.2) is 0 Å². The van der Waals surface area contributed by atoms with Crippen LogP contribution < -0.4 is 5.73 Å². The molecule has 0 unspecified atom stereocenters. The standard InChI is InChI=1S/C13H24N2O2S2/c1-3-4-9-17-11(16)10-15-7-5-13(19-2,6-8-15)12(14)18/h3-10H2,1-2H3,(H2,14,18). The van der Waals surface area contributed by atoms with E-state index in [1.165, 1.54) is 0 Å². The first-order valence-corrected chi connectivity index (χ1v) is 8.40. The molecule has 0 aromatic rings. The molecule has 19 heavy (non-hydrogen) atoms. The van der Waals surface area contributed by atoms with Crippen molar-refractivity contribution >= 4 is 34.9 Å². The number of esters is 1. The topological polar surface area (TPSA) is 55.6 Å². The summed E-state index contributed by atoms with van der Waals surface area (Å²) >= 11 is 6.90. The van der Waals surface area contributed by atoms with E-state index >= 15 is 0 Å². The molecule has 1 fully saturated rings. The third-order valence-electron chi connectivity index (χ3n) is 3.62. The zero-order valence-corrected chi connectivity index (χ0v) is 13.4. The fraction of sp³-hybridized carbons (Fsp3) is 0.846. The van der Waals surface area contributed by atoms with Gasteiger partial charge in [0, 0.05) is 13.1 Å². The normalized spacial score (nSPS) is 19.1. The molecule has 0 radical (unpaired) electrons. The van der Waals surface area contributed by atoms with E-state index in [1.54, 1.807) is 11.8 Å². The molecule has 110 valence electrons. The number of hydrogen-bond acceptors (Lipinski definition) is 5. The molecule has 1 aliphatic heterocycles. The van der Waals surface area contributed by atoms with Crippen molar-refractivity contribution in [2.45, 2.75) is 37.4 Å². The highest BCUT2D eigenvalue weighted by Crippen LogP contribution is 2.34. The van der Waals surface area contributed by atoms with Gasteiger partial charge in [0.05, 0.1) is 22.9 Å². The first kappa shape index (κ1) is 16.7. The summed E-state index contributed by atoms with van der Waals surface area (Å²) in [6.07, 6.45) is 5.84. The minimum atomic E-state index is -0.125. The van der Waals surface area contributed by atoms with Crippen LogP contribution in [0.1, 0.15) is 32.6 Å². The highest BCUT2D eigenvalue weighted by molar-refractivity contribution is 8.02. The zero-order chi connectivity index (χ0) is 14.3. The summed E-state index contributed by atoms with van der Waals surface area (Å²) in [5, 5.41) is 0. The van der Waals surface area contributed by atoms with Crippen LogP contribution in [-0.2, 0) is 9.53 Å². The number of thioether (sulfide) groups is 1. The minimum Gasteiger partial charge on any atom is -0.465 e. The molecular weight excluding hydrogens is 280 g/mol. The van der Waals surface area contributed by atoms with Gasteiger partial charge < -0.3 is 10.5 Å². The Morgan fingerprint density at radius 3 is 2.58 bits per heavy atom. The predicted molar refractivity (Wildman–Crippen MR) is 84.6 cm³/mol. The van der Waals surface area contributed by atoms with Gasteiger partial charge in [-0.05, 0) is 25.5 Å². The molecule has 1 rings (SSSR count). The Balaban J connectivity index is 2.33. The molecule has 0 bridgehead atoms. The van der Waals surface area contributed by atoms with Crippen molar-refractivity contribution in [1.29, 1.82) is 0 Å². The Kier molecular flexibility index (Phi) is 7.10. The molecule has 0 amide bonds. The summed E-state index contributed by atoms with van der Waals surface area (Å²) in [5.74, 6) is -0.125. The van der Waals surface area contributed by atoms with Crippen molar-refractivity contribution < 1.29 is 9.53 Å². The van der Waals surface area contributed by atoms with E-state index in [4.69, 9.17) is 22.7 Å². The van der Waals surface area contributed by atoms with Crippen LogP contribution in [0, 0.1) is 0 Å². The van der Waals surface area contributed by atoms with Crippen molar-refractivity contribution in [3.8, 4) is 0 Å². The molecule has 0 atom stereocenters. The first-order valence-electron chi connectivity index (χ1n) is 6.77. The van der Waals surface area contributed by atoms with Crippen LogP contribution in [0.4, 0.5) is 0 Å². The van der Waals surface area contributed by atoms with Crippen molar-refractivity contribution in [3.05, 3.63) is 0 Å². The average Bonchev–Trinajstić information content (AvgIpc) is 2.40. The molecule has 4 nitrogen and oxygen atoms in total. The molecule has 0 aliphatic carbocycles. The molecule has 6 heteroatoms. The first-order chi connectivity index (χ1) is 9.04. The minimum absolute atomic E-state index is 0.0854. The fourth-order valence-electron chi connectivity index (χ4n) is 2.18. The summed E-state index contributed by atoms with van der Waals surface area (Å²) in [6.45, 7) is 4.69. The third-order valence-corrected chi connectivity index (χ3v) is 5.55. The summed E-state index contributed by atoms with van der Waals surface area (Å²) in [5.41, 5.74) is 5.84. The highest BCUT2D eigenvalue weighted by atomic mass is 32.2. The quantitative estimate of drug-likeness (QED) is 0.440. The number of carbonyl (C=O) groups is 1. The number of rotatable bonds is 7. The van der Waals surface area contributed by atoms with Gasteiger partial charge in [-0.25, -0.2) is 0 Å². The Labute approximate surface area is 125 Å². The molecule has 1 saturated heterocycles. The number of nitrogens with zero attached hydrogens (tertiary/aromatic N) is 1. The highest BCUT2D eigenvalue weighted by Gasteiger charge is 2.36. The maximum atomic E-state index is 11.6. The van der Waals surface area contributed by atoms with E-state index in [1.807, 2.05) is 6.26 Å². The van der Waals surface area contributed by atoms with Crippen LogP contribution in [0.2, 0.25) is 0 Å². The van der Waals surface area contributed by atoms with E-state index in [9.17, 15) is 4.79 Å². The second-order valence-corrected chi connectivity index (χ2v) is 6.54. The van der Waals surface area contributed by atoms with Crippen molar-refractivity contribution in [2.24, 2.45) is 5.73 Å². The Morgan fingerprint density at radius 2 is 2.11 bits per heavy atom. The van der Waals surface area contributed by atoms with Crippen LogP contribution in [0.15, 0.2) is 0 Å². The van der Waals surface area contributed by atoms with E-state index < -0.39 is 0 Å². The Bertz CT molecular complexity index is 316. The number of thiocarbonyl (C=S) groups is 1. The number of likely N-dealkylation sites (tertiary alicyclic amines) is 1. The van der Waals surface area contributed by atoms with Crippen molar-refractivity contribution in [3.63, 3.8) is 0 Å². The summed E-state index contributed by atoms with van der Waals surface area (Å²) in [6, 6.07) is 0. The number of nitrogens with two attached hydrogens (primary N) is 1. The van der Waals surface area contributed by atoms with Gasteiger partial charge in [-0.2, -0.15) is 11.8 Å². The smallest absolute Gasteiger partial charge is 0.320 e. The van der Waals surface area contributed by atoms with Gasteiger partial charge in [0.1, 0.15) is 0 Å². The van der Waals surface area contributed by atoms with Crippen LogP contribution in [0.5, 0.6) is 0 Å². The maximum absolute atomic E-state index is 11.6. The Morgan fingerprint density at radius 1 is 1.47 bits per heavy atom. The number of carbonyl (C=O) groups excluding carboxylic acids is 1. The summed E-state index contributed by atoms with van der Waals surface area (Å²) in [4.78, 5) is 14.3. The van der Waals surface area contributed by atoms with Crippen LogP contribution in [-0.4, -0.2) is 53.1 Å². The molecule has 1 aliphatic rings. The van der Waals surface area contributed by atoms with Gasteiger partial charge >= 0.3 is 5.97 Å². The van der Waals surface area contributed by atoms with E-state index in [0.29, 0.717) is 18.1 Å². The van der Waals surface area contributed by atoms with Crippen LogP contribution in [0.25, 0.3) is 0 Å². The Hall–Kier alpha value is -0.330. The molecule has 1 heterocycles. The monoisotopic (exact) mass is 304 g/mol. The zero-order valence-electron chi connectivity index (χ0n) is 11.8. The SMILES string of the molecule is CCCCOC(=O)CN1CCC(SC)(C(N)=S)CC1. The maximum Gasteiger partial charge on any atom is 0.320 e. The summed E-state index contributed by atoms with van der Waals surface area (Å²) < 4.78 is 5.09. The second-order valence-electron chi connectivity index (χ2n) is 4.91. The van der Waals surface area contributed by atoms with Crippen molar-refractivity contribution in [2.75, 3.05) is 32.5 Å². The van der Waals surface area contributed by atoms with E-state index in [2.05, 4.69) is 11.8 Å². The summed E-state index contributed by atoms with van der Waals surface area (Å²) in [7, 11) is 0. The van der Waals surface area contributed by atoms with E-state index in [0.717, 1.165) is 38.8 Å². The van der Waals surface area contributed by atoms with Gasteiger partial charge in [-0.1, -0.05) is 25.6 Å². The molecule has 2 N–H and O–H groups in total. The number of ether oxygens (including phenoxy) is 1. The third kappa shape index (κ3) is 4.93. The fourth-order valence-corrected chi connectivity index (χ4v) is 3.43.